The van der Waals surface area contributed by atoms with Crippen molar-refractivity contribution in [3.63, 3.8) is 0 Å². The van der Waals surface area contributed by atoms with E-state index in [0.29, 0.717) is 0 Å². The molecule has 0 aliphatic carbocycles. The van der Waals surface area contributed by atoms with E-state index in [1.807, 2.05) is 0 Å². The van der Waals surface area contributed by atoms with Crippen molar-refractivity contribution in [2.45, 2.75) is 24.9 Å². The summed E-state index contributed by atoms with van der Waals surface area (Å²) in [5.41, 5.74) is 0. The van der Waals surface area contributed by atoms with Crippen molar-refractivity contribution in [2.75, 3.05) is 0 Å². The minimum atomic E-state index is 0. The summed E-state index contributed by atoms with van der Waals surface area (Å²) in [4.78, 5) is 0. The number of rotatable bonds is 2. The number of hydrogen-bond donors (Lipinski definition) is 0. The van der Waals surface area contributed by atoms with E-state index in [0.717, 1.165) is 0 Å². The Bertz CT molecular complexity index is 15.0. The maximum atomic E-state index is 2.21. The van der Waals surface area contributed by atoms with E-state index in [4.69, 9.17) is 0 Å². The molecule has 0 fully saturated rings. The Hall–Kier alpha value is 1.13. The van der Waals surface area contributed by atoms with Crippen LogP contribution in [0.3, 0.4) is 0 Å². The van der Waals surface area contributed by atoms with Crippen LogP contribution in [0.5, 0.6) is 0 Å². The quantitative estimate of drug-likeness (QED) is 0.428. The van der Waals surface area contributed by atoms with Crippen molar-refractivity contribution < 1.29 is 0 Å². The van der Waals surface area contributed by atoms with E-state index in [9.17, 15) is 0 Å². The average molecular weight is 94.1 g/mol. The third-order valence-corrected chi connectivity index (χ3v) is 0.707. The van der Waals surface area contributed by atoms with Crippen molar-refractivity contribution in [1.82, 2.24) is 0 Å². The van der Waals surface area contributed by atoms with Gasteiger partial charge in [0.1, 0.15) is 0 Å². The molecule has 0 heterocycles. The maximum absolute atomic E-state index is 2.21. The first kappa shape index (κ1) is 10.2. The molecule has 6 heavy (non-hydrogen) atoms. The van der Waals surface area contributed by atoms with Crippen LogP contribution < -0.4 is 0 Å². The normalized spacial score (nSPS) is 7.17. The van der Waals surface area contributed by atoms with Gasteiger partial charge in [-0.1, -0.05) is 0 Å². The third-order valence-electron chi connectivity index (χ3n) is 0.707. The van der Waals surface area contributed by atoms with Gasteiger partial charge in [0, 0.05) is 0 Å². The molecule has 0 radical (unpaired) electrons. The monoisotopic (exact) mass is 94.1 g/mol. The van der Waals surface area contributed by atoms with Gasteiger partial charge in [0.15, 0.2) is 17.4 Å². The summed E-state index contributed by atoms with van der Waals surface area (Å²) in [6.07, 6.45) is 2.73. The predicted molar refractivity (Wildman–Crippen MR) is 35.4 cm³/mol. The van der Waals surface area contributed by atoms with Gasteiger partial charge in [0.2, 0.25) is 0 Å². The zero-order valence-corrected chi connectivity index (χ0v) is 4.12. The first-order chi connectivity index (χ1) is 2.41. The Morgan fingerprint density at radius 1 is 1.50 bits per heavy atom. The van der Waals surface area contributed by atoms with Gasteiger partial charge in [-0.05, 0) is 0 Å². The minimum absolute atomic E-state index is 0. The van der Waals surface area contributed by atoms with Gasteiger partial charge >= 0.3 is 42.6 Å². The van der Waals surface area contributed by atoms with Gasteiger partial charge in [-0.2, -0.15) is 0 Å². The molecule has 0 N–H and O–H groups in total. The van der Waals surface area contributed by atoms with Crippen LogP contribution in [0.2, 0.25) is 5.09 Å². The summed E-state index contributed by atoms with van der Waals surface area (Å²) < 4.78 is 0. The topological polar surface area (TPSA) is 0 Å². The SMILES string of the molecule is [AlH3].[Li][CH2]CCC. The standard InChI is InChI=1S/C4H9.Al.Li.3H/c1-3-4-2;;;;;/h1,3-4H2,2H3;;;;;. The van der Waals surface area contributed by atoms with Crippen LogP contribution in [0.15, 0.2) is 0 Å². The summed E-state index contributed by atoms with van der Waals surface area (Å²) >= 11 is 2.21. The van der Waals surface area contributed by atoms with Crippen LogP contribution >= 0.6 is 0 Å². The Morgan fingerprint density at radius 3 is 2.00 bits per heavy atom. The molecular weight excluding hydrogens is 82.0 g/mol. The molecule has 32 valence electrons. The molecule has 0 aliphatic heterocycles. The summed E-state index contributed by atoms with van der Waals surface area (Å²) in [6, 6.07) is 0. The van der Waals surface area contributed by atoms with Gasteiger partial charge in [-0.3, -0.25) is 0 Å². The summed E-state index contributed by atoms with van der Waals surface area (Å²) in [7, 11) is 0. The van der Waals surface area contributed by atoms with Crippen LogP contribution in [0, 0.1) is 0 Å². The van der Waals surface area contributed by atoms with E-state index in [-0.39, 0.29) is 17.4 Å². The summed E-state index contributed by atoms with van der Waals surface area (Å²) in [6.45, 7) is 2.21. The van der Waals surface area contributed by atoms with E-state index >= 15 is 0 Å². The molecule has 0 saturated heterocycles. The van der Waals surface area contributed by atoms with Crippen molar-refractivity contribution in [1.29, 1.82) is 0 Å². The van der Waals surface area contributed by atoms with Gasteiger partial charge in [-0.15, -0.1) is 0 Å². The van der Waals surface area contributed by atoms with Gasteiger partial charge in [0.25, 0.3) is 0 Å². The molecule has 0 aromatic heterocycles. The summed E-state index contributed by atoms with van der Waals surface area (Å²) in [5.74, 6) is 0. The Balaban J connectivity index is 0. The molecular formula is C4H12AlLi. The average Bonchev–Trinajstić information content (AvgIpc) is 1.41. The van der Waals surface area contributed by atoms with Gasteiger partial charge in [0.05, 0.1) is 0 Å². The summed E-state index contributed by atoms with van der Waals surface area (Å²) in [5, 5.41) is 1.34. The molecule has 0 spiro atoms. The third kappa shape index (κ3) is 8.93. The van der Waals surface area contributed by atoms with Crippen LogP contribution in [0.25, 0.3) is 0 Å². The van der Waals surface area contributed by atoms with Crippen LogP contribution in [0.1, 0.15) is 19.8 Å². The molecule has 0 unspecified atom stereocenters. The molecule has 0 aromatic rings. The molecule has 0 aromatic carbocycles. The first-order valence-corrected chi connectivity index (χ1v) is 2.41. The van der Waals surface area contributed by atoms with E-state index in [1.165, 1.54) is 17.9 Å². The van der Waals surface area contributed by atoms with E-state index in [1.54, 1.807) is 0 Å². The fourth-order valence-corrected chi connectivity index (χ4v) is 0.354. The second-order valence-corrected chi connectivity index (χ2v) is 1.35. The molecule has 0 amide bonds. The molecule has 0 nitrogen and oxygen atoms in total. The molecule has 0 atom stereocenters. The molecule has 0 rings (SSSR count). The molecule has 0 saturated carbocycles. The van der Waals surface area contributed by atoms with Crippen molar-refractivity contribution >= 4 is 35.1 Å². The van der Waals surface area contributed by atoms with E-state index in [2.05, 4.69) is 24.6 Å². The van der Waals surface area contributed by atoms with Gasteiger partial charge < -0.3 is 0 Å². The first-order valence-electron chi connectivity index (χ1n) is 2.41. The molecule has 0 aliphatic rings. The number of hydrogen-bond acceptors (Lipinski definition) is 0. The second-order valence-electron chi connectivity index (χ2n) is 1.35. The van der Waals surface area contributed by atoms with Crippen LogP contribution in [-0.2, 0) is 0 Å². The van der Waals surface area contributed by atoms with E-state index < -0.39 is 0 Å². The molecule has 0 bridgehead atoms. The van der Waals surface area contributed by atoms with Gasteiger partial charge in [-0.25, -0.2) is 0 Å². The van der Waals surface area contributed by atoms with Crippen molar-refractivity contribution in [2.24, 2.45) is 0 Å². The fraction of sp³-hybridized carbons (Fsp3) is 1.00. The number of unbranched alkanes of at least 4 members (excludes halogenated alkanes) is 1. The van der Waals surface area contributed by atoms with Crippen molar-refractivity contribution in [3.8, 4) is 0 Å². The van der Waals surface area contributed by atoms with Crippen molar-refractivity contribution in [3.05, 3.63) is 0 Å². The predicted octanol–water partition coefficient (Wildman–Crippen LogP) is 0.189. The Morgan fingerprint density at radius 2 is 2.00 bits per heavy atom. The second kappa shape index (κ2) is 9.46. The zero-order chi connectivity index (χ0) is 4.12. The Kier molecular flexibility index (Phi) is 16.0. The Labute approximate surface area is 60.0 Å². The zero-order valence-electron chi connectivity index (χ0n) is 4.12. The van der Waals surface area contributed by atoms with Crippen LogP contribution in [0.4, 0.5) is 0 Å². The molecule has 2 heteroatoms. The fourth-order valence-electron chi connectivity index (χ4n) is 0.354. The van der Waals surface area contributed by atoms with Crippen LogP contribution in [-0.4, -0.2) is 35.1 Å².